The van der Waals surface area contributed by atoms with Crippen molar-refractivity contribution in [1.29, 1.82) is 0 Å². The Morgan fingerprint density at radius 1 is 1.26 bits per heavy atom. The lowest BCUT2D eigenvalue weighted by Gasteiger charge is -2.20. The zero-order chi connectivity index (χ0) is 14.3. The molecule has 1 aliphatic rings. The first-order valence-corrected chi connectivity index (χ1v) is 7.39. The summed E-state index contributed by atoms with van der Waals surface area (Å²) >= 11 is 0. The number of nitrogens with one attached hydrogen (secondary N) is 1. The predicted octanol–water partition coefficient (Wildman–Crippen LogP) is 0.736. The summed E-state index contributed by atoms with van der Waals surface area (Å²) in [4.78, 5) is 25.6. The van der Waals surface area contributed by atoms with Crippen LogP contribution in [0.2, 0.25) is 0 Å². The molecule has 0 aromatic heterocycles. The molecule has 1 aliphatic carbocycles. The van der Waals surface area contributed by atoms with E-state index in [9.17, 15) is 9.59 Å². The van der Waals surface area contributed by atoms with Gasteiger partial charge in [-0.3, -0.25) is 9.59 Å². The average molecular weight is 269 g/mol. The third-order valence-electron chi connectivity index (χ3n) is 4.05. The first kappa shape index (κ1) is 16.0. The van der Waals surface area contributed by atoms with Gasteiger partial charge in [-0.2, -0.15) is 0 Å². The molecule has 0 spiro atoms. The zero-order valence-corrected chi connectivity index (χ0v) is 12.2. The highest BCUT2D eigenvalue weighted by molar-refractivity contribution is 5.81. The summed E-state index contributed by atoms with van der Waals surface area (Å²) in [5.74, 6) is 0.541. The Balaban J connectivity index is 2.29. The number of amides is 2. The van der Waals surface area contributed by atoms with Gasteiger partial charge in [0.05, 0.1) is 0 Å². The summed E-state index contributed by atoms with van der Waals surface area (Å²) in [7, 11) is 0. The molecule has 2 atom stereocenters. The molecule has 2 amide bonds. The Morgan fingerprint density at radius 2 is 1.95 bits per heavy atom. The molecule has 0 aromatic rings. The van der Waals surface area contributed by atoms with Crippen molar-refractivity contribution in [2.45, 2.75) is 39.5 Å². The van der Waals surface area contributed by atoms with Crippen molar-refractivity contribution in [3.8, 4) is 0 Å². The fourth-order valence-electron chi connectivity index (χ4n) is 2.82. The molecule has 110 valence electrons. The van der Waals surface area contributed by atoms with Gasteiger partial charge in [0.15, 0.2) is 0 Å². The lowest BCUT2D eigenvalue weighted by molar-refractivity contribution is -0.131. The van der Waals surface area contributed by atoms with E-state index in [0.717, 1.165) is 32.4 Å². The summed E-state index contributed by atoms with van der Waals surface area (Å²) in [6, 6.07) is 0. The van der Waals surface area contributed by atoms with Crippen molar-refractivity contribution >= 4 is 11.8 Å². The summed E-state index contributed by atoms with van der Waals surface area (Å²) in [5.41, 5.74) is 5.67. The van der Waals surface area contributed by atoms with E-state index in [2.05, 4.69) is 5.32 Å². The first-order valence-electron chi connectivity index (χ1n) is 7.39. The topological polar surface area (TPSA) is 75.4 Å². The van der Waals surface area contributed by atoms with Gasteiger partial charge in [0.2, 0.25) is 11.8 Å². The summed E-state index contributed by atoms with van der Waals surface area (Å²) in [5, 5.41) is 2.88. The fraction of sp³-hybridized carbons (Fsp3) is 0.857. The summed E-state index contributed by atoms with van der Waals surface area (Å²) in [6.45, 7) is 6.38. The molecule has 0 aromatic carbocycles. The van der Waals surface area contributed by atoms with Crippen LogP contribution in [0.1, 0.15) is 39.5 Å². The Labute approximate surface area is 115 Å². The molecule has 5 heteroatoms. The van der Waals surface area contributed by atoms with Crippen molar-refractivity contribution in [2.24, 2.45) is 17.6 Å². The second kappa shape index (κ2) is 8.15. The molecule has 1 fully saturated rings. The highest BCUT2D eigenvalue weighted by Gasteiger charge is 2.31. The molecule has 2 unspecified atom stereocenters. The molecule has 0 aliphatic heterocycles. The number of carbonyl (C=O) groups is 2. The highest BCUT2D eigenvalue weighted by atomic mass is 16.2. The minimum atomic E-state index is 0.0496. The third-order valence-corrected chi connectivity index (χ3v) is 4.05. The van der Waals surface area contributed by atoms with Crippen molar-refractivity contribution in [3.63, 3.8) is 0 Å². The number of hydrogen-bond acceptors (Lipinski definition) is 3. The molecular formula is C14H27N3O2. The number of nitrogens with zero attached hydrogens (tertiary/aromatic N) is 1. The van der Waals surface area contributed by atoms with E-state index in [-0.39, 0.29) is 17.7 Å². The second-order valence-electron chi connectivity index (χ2n) is 5.14. The zero-order valence-electron chi connectivity index (χ0n) is 12.2. The van der Waals surface area contributed by atoms with Gasteiger partial charge in [0.25, 0.3) is 0 Å². The van der Waals surface area contributed by atoms with Crippen LogP contribution in [0.25, 0.3) is 0 Å². The standard InChI is InChI=1S/C14H27N3O2/c1-3-17(4-2)13(18)8-9-16-14(19)12-7-5-6-11(12)10-15/h11-12H,3-10,15H2,1-2H3,(H,16,19). The minimum absolute atomic E-state index is 0.0496. The SMILES string of the molecule is CCN(CC)C(=O)CCNC(=O)C1CCCC1CN. The van der Waals surface area contributed by atoms with E-state index in [1.54, 1.807) is 4.90 Å². The Bertz CT molecular complexity index is 303. The molecule has 5 nitrogen and oxygen atoms in total. The van der Waals surface area contributed by atoms with Crippen molar-refractivity contribution in [1.82, 2.24) is 10.2 Å². The first-order chi connectivity index (χ1) is 9.13. The van der Waals surface area contributed by atoms with E-state index < -0.39 is 0 Å². The fourth-order valence-corrected chi connectivity index (χ4v) is 2.82. The van der Waals surface area contributed by atoms with Crippen LogP contribution in [0.4, 0.5) is 0 Å². The maximum atomic E-state index is 12.0. The summed E-state index contributed by atoms with van der Waals surface area (Å²) < 4.78 is 0. The quantitative estimate of drug-likeness (QED) is 0.715. The van der Waals surface area contributed by atoms with Crippen molar-refractivity contribution in [3.05, 3.63) is 0 Å². The molecule has 0 bridgehead atoms. The molecule has 0 saturated heterocycles. The Hall–Kier alpha value is -1.10. The number of nitrogens with two attached hydrogens (primary N) is 1. The molecular weight excluding hydrogens is 242 g/mol. The number of hydrogen-bond donors (Lipinski definition) is 2. The molecule has 0 radical (unpaired) electrons. The molecule has 19 heavy (non-hydrogen) atoms. The van der Waals surface area contributed by atoms with Crippen LogP contribution < -0.4 is 11.1 Å². The van der Waals surface area contributed by atoms with Gasteiger partial charge < -0.3 is 16.0 Å². The normalized spacial score (nSPS) is 22.3. The molecule has 1 rings (SSSR count). The largest absolute Gasteiger partial charge is 0.355 e. The van der Waals surface area contributed by atoms with Crippen LogP contribution in [-0.2, 0) is 9.59 Å². The van der Waals surface area contributed by atoms with Crippen molar-refractivity contribution in [2.75, 3.05) is 26.2 Å². The van der Waals surface area contributed by atoms with E-state index >= 15 is 0 Å². The number of carbonyl (C=O) groups excluding carboxylic acids is 2. The monoisotopic (exact) mass is 269 g/mol. The molecule has 0 heterocycles. The maximum absolute atomic E-state index is 12.0. The van der Waals surface area contributed by atoms with Crippen molar-refractivity contribution < 1.29 is 9.59 Å². The van der Waals surface area contributed by atoms with Gasteiger partial charge in [0.1, 0.15) is 0 Å². The Kier molecular flexibility index (Phi) is 6.84. The molecule has 3 N–H and O–H groups in total. The lowest BCUT2D eigenvalue weighted by Crippen LogP contribution is -2.38. The van der Waals surface area contributed by atoms with Gasteiger partial charge >= 0.3 is 0 Å². The summed E-state index contributed by atoms with van der Waals surface area (Å²) in [6.07, 6.45) is 3.44. The predicted molar refractivity (Wildman–Crippen MR) is 75.4 cm³/mol. The van der Waals surface area contributed by atoms with Crippen LogP contribution in [0.15, 0.2) is 0 Å². The van der Waals surface area contributed by atoms with E-state index in [4.69, 9.17) is 5.73 Å². The van der Waals surface area contributed by atoms with Crippen LogP contribution in [0.5, 0.6) is 0 Å². The van der Waals surface area contributed by atoms with Gasteiger partial charge in [-0.05, 0) is 39.2 Å². The Morgan fingerprint density at radius 3 is 2.53 bits per heavy atom. The van der Waals surface area contributed by atoms with Crippen LogP contribution in [0.3, 0.4) is 0 Å². The highest BCUT2D eigenvalue weighted by Crippen LogP contribution is 2.30. The van der Waals surface area contributed by atoms with E-state index in [1.165, 1.54) is 0 Å². The number of rotatable bonds is 7. The lowest BCUT2D eigenvalue weighted by atomic mass is 9.95. The smallest absolute Gasteiger partial charge is 0.224 e. The van der Waals surface area contributed by atoms with Gasteiger partial charge in [-0.25, -0.2) is 0 Å². The average Bonchev–Trinajstić information content (AvgIpc) is 2.88. The van der Waals surface area contributed by atoms with Gasteiger partial charge in [-0.15, -0.1) is 0 Å². The third kappa shape index (κ3) is 4.49. The van der Waals surface area contributed by atoms with E-state index in [1.807, 2.05) is 13.8 Å². The second-order valence-corrected chi connectivity index (χ2v) is 5.14. The van der Waals surface area contributed by atoms with Crippen LogP contribution in [0, 0.1) is 11.8 Å². The van der Waals surface area contributed by atoms with Crippen LogP contribution >= 0.6 is 0 Å². The van der Waals surface area contributed by atoms with Gasteiger partial charge in [0, 0.05) is 32.0 Å². The van der Waals surface area contributed by atoms with Crippen LogP contribution in [-0.4, -0.2) is 42.9 Å². The minimum Gasteiger partial charge on any atom is -0.355 e. The molecule has 1 saturated carbocycles. The van der Waals surface area contributed by atoms with Gasteiger partial charge in [-0.1, -0.05) is 6.42 Å². The van der Waals surface area contributed by atoms with E-state index in [0.29, 0.717) is 25.4 Å². The maximum Gasteiger partial charge on any atom is 0.224 e.